The van der Waals surface area contributed by atoms with Crippen molar-refractivity contribution in [1.82, 2.24) is 5.32 Å². The van der Waals surface area contributed by atoms with E-state index in [1.807, 2.05) is 49.4 Å². The lowest BCUT2D eigenvalue weighted by Crippen LogP contribution is -2.23. The third-order valence-electron chi connectivity index (χ3n) is 3.46. The van der Waals surface area contributed by atoms with Gasteiger partial charge in [0.15, 0.2) is 0 Å². The molecule has 1 N–H and O–H groups in total. The van der Waals surface area contributed by atoms with Gasteiger partial charge in [-0.25, -0.2) is 0 Å². The molecular formula is C19H23NO2. The zero-order valence-electron chi connectivity index (χ0n) is 13.3. The predicted molar refractivity (Wildman–Crippen MR) is 89.2 cm³/mol. The predicted octanol–water partition coefficient (Wildman–Crippen LogP) is 4.10. The Hall–Kier alpha value is -2.29. The van der Waals surface area contributed by atoms with E-state index in [4.69, 9.17) is 4.74 Å². The van der Waals surface area contributed by atoms with Crippen LogP contribution in [-0.4, -0.2) is 12.5 Å². The van der Waals surface area contributed by atoms with Crippen molar-refractivity contribution in [1.29, 1.82) is 0 Å². The molecule has 0 aromatic heterocycles. The second-order valence-electron chi connectivity index (χ2n) is 5.37. The van der Waals surface area contributed by atoms with Crippen LogP contribution in [0.2, 0.25) is 0 Å². The molecule has 116 valence electrons. The number of nitrogens with one attached hydrogen (secondary N) is 1. The number of para-hydroxylation sites is 1. The summed E-state index contributed by atoms with van der Waals surface area (Å²) in [5.74, 6) is 0.546. The minimum atomic E-state index is -0.104. The number of hydrogen-bond acceptors (Lipinski definition) is 2. The van der Waals surface area contributed by atoms with Crippen molar-refractivity contribution in [2.45, 2.75) is 33.2 Å². The smallest absolute Gasteiger partial charge is 0.255 e. The normalized spacial score (nSPS) is 10.3. The first-order chi connectivity index (χ1) is 10.7. The van der Waals surface area contributed by atoms with E-state index in [2.05, 4.69) is 12.2 Å². The van der Waals surface area contributed by atoms with Crippen LogP contribution in [-0.2, 0) is 6.54 Å². The first-order valence-corrected chi connectivity index (χ1v) is 7.76. The Labute approximate surface area is 132 Å². The van der Waals surface area contributed by atoms with Crippen LogP contribution in [0.5, 0.6) is 5.75 Å². The highest BCUT2D eigenvalue weighted by Crippen LogP contribution is 2.18. The van der Waals surface area contributed by atoms with E-state index in [1.54, 1.807) is 6.07 Å². The van der Waals surface area contributed by atoms with Crippen molar-refractivity contribution < 1.29 is 9.53 Å². The van der Waals surface area contributed by atoms with Crippen molar-refractivity contribution in [3.05, 3.63) is 65.2 Å². The van der Waals surface area contributed by atoms with E-state index < -0.39 is 0 Å². The van der Waals surface area contributed by atoms with Crippen LogP contribution in [0.3, 0.4) is 0 Å². The minimum Gasteiger partial charge on any atom is -0.493 e. The molecule has 0 bridgehead atoms. The SMILES string of the molecule is CCCCOc1ccccc1C(=O)NCc1ccc(C)cc1. The molecule has 0 aliphatic heterocycles. The Morgan fingerprint density at radius 1 is 1.09 bits per heavy atom. The molecule has 0 fully saturated rings. The van der Waals surface area contributed by atoms with Gasteiger partial charge in [0.05, 0.1) is 12.2 Å². The molecule has 22 heavy (non-hydrogen) atoms. The average Bonchev–Trinajstić information content (AvgIpc) is 2.55. The van der Waals surface area contributed by atoms with Crippen LogP contribution in [0.4, 0.5) is 0 Å². The van der Waals surface area contributed by atoms with Gasteiger partial charge in [-0.1, -0.05) is 55.3 Å². The molecule has 0 saturated carbocycles. The number of aryl methyl sites for hydroxylation is 1. The van der Waals surface area contributed by atoms with E-state index in [0.717, 1.165) is 18.4 Å². The lowest BCUT2D eigenvalue weighted by molar-refractivity contribution is 0.0946. The second kappa shape index (κ2) is 8.23. The number of benzene rings is 2. The van der Waals surface area contributed by atoms with Gasteiger partial charge >= 0.3 is 0 Å². The Morgan fingerprint density at radius 3 is 2.55 bits per heavy atom. The second-order valence-corrected chi connectivity index (χ2v) is 5.37. The Morgan fingerprint density at radius 2 is 1.82 bits per heavy atom. The number of ether oxygens (including phenoxy) is 1. The molecule has 0 heterocycles. The summed E-state index contributed by atoms with van der Waals surface area (Å²) in [5.41, 5.74) is 2.89. The number of rotatable bonds is 7. The molecule has 0 atom stereocenters. The number of unbranched alkanes of at least 4 members (excludes halogenated alkanes) is 1. The van der Waals surface area contributed by atoms with Gasteiger partial charge in [0.2, 0.25) is 0 Å². The molecule has 2 aromatic carbocycles. The summed E-state index contributed by atoms with van der Waals surface area (Å²) in [5, 5.41) is 2.95. The summed E-state index contributed by atoms with van der Waals surface area (Å²) in [6.45, 7) is 5.32. The molecule has 0 spiro atoms. The Bertz CT molecular complexity index is 605. The van der Waals surface area contributed by atoms with Gasteiger partial charge in [-0.05, 0) is 31.0 Å². The zero-order chi connectivity index (χ0) is 15.8. The van der Waals surface area contributed by atoms with Gasteiger partial charge in [0, 0.05) is 6.54 Å². The van der Waals surface area contributed by atoms with Gasteiger partial charge in [-0.3, -0.25) is 4.79 Å². The average molecular weight is 297 g/mol. The van der Waals surface area contributed by atoms with Crippen molar-refractivity contribution in [3.8, 4) is 5.75 Å². The molecule has 0 saturated heterocycles. The van der Waals surface area contributed by atoms with Gasteiger partial charge in [0.25, 0.3) is 5.91 Å². The summed E-state index contributed by atoms with van der Waals surface area (Å²) in [6.07, 6.45) is 2.06. The topological polar surface area (TPSA) is 38.3 Å². The maximum Gasteiger partial charge on any atom is 0.255 e. The lowest BCUT2D eigenvalue weighted by Gasteiger charge is -2.11. The fraction of sp³-hybridized carbons (Fsp3) is 0.316. The summed E-state index contributed by atoms with van der Waals surface area (Å²) >= 11 is 0. The first kappa shape index (κ1) is 16.1. The van der Waals surface area contributed by atoms with Crippen LogP contribution < -0.4 is 10.1 Å². The summed E-state index contributed by atoms with van der Waals surface area (Å²) in [4.78, 5) is 12.3. The third kappa shape index (κ3) is 4.62. The van der Waals surface area contributed by atoms with Crippen LogP contribution in [0, 0.1) is 6.92 Å². The summed E-state index contributed by atoms with van der Waals surface area (Å²) in [6, 6.07) is 15.5. The lowest BCUT2D eigenvalue weighted by atomic mass is 10.1. The molecule has 2 aromatic rings. The Balaban J connectivity index is 1.98. The molecule has 1 amide bonds. The highest BCUT2D eigenvalue weighted by molar-refractivity contribution is 5.96. The molecule has 0 aliphatic carbocycles. The fourth-order valence-corrected chi connectivity index (χ4v) is 2.09. The molecule has 2 rings (SSSR count). The number of carbonyl (C=O) groups is 1. The minimum absolute atomic E-state index is 0.104. The summed E-state index contributed by atoms with van der Waals surface area (Å²) in [7, 11) is 0. The summed E-state index contributed by atoms with van der Waals surface area (Å²) < 4.78 is 5.71. The van der Waals surface area contributed by atoms with Gasteiger partial charge in [-0.2, -0.15) is 0 Å². The molecule has 3 heteroatoms. The van der Waals surface area contributed by atoms with E-state index >= 15 is 0 Å². The van der Waals surface area contributed by atoms with E-state index in [0.29, 0.717) is 24.5 Å². The number of hydrogen-bond donors (Lipinski definition) is 1. The maximum absolute atomic E-state index is 12.3. The molecular weight excluding hydrogens is 274 g/mol. The van der Waals surface area contributed by atoms with Crippen LogP contribution in [0.1, 0.15) is 41.3 Å². The number of carbonyl (C=O) groups excluding carboxylic acids is 1. The van der Waals surface area contributed by atoms with Crippen molar-refractivity contribution in [2.75, 3.05) is 6.61 Å². The zero-order valence-corrected chi connectivity index (χ0v) is 13.3. The highest BCUT2D eigenvalue weighted by atomic mass is 16.5. The quantitative estimate of drug-likeness (QED) is 0.781. The molecule has 0 radical (unpaired) electrons. The Kier molecular flexibility index (Phi) is 6.01. The van der Waals surface area contributed by atoms with Gasteiger partial charge in [0.1, 0.15) is 5.75 Å². The van der Waals surface area contributed by atoms with Gasteiger partial charge in [-0.15, -0.1) is 0 Å². The first-order valence-electron chi connectivity index (χ1n) is 7.76. The van der Waals surface area contributed by atoms with E-state index in [-0.39, 0.29) is 5.91 Å². The highest BCUT2D eigenvalue weighted by Gasteiger charge is 2.11. The molecule has 3 nitrogen and oxygen atoms in total. The number of amides is 1. The van der Waals surface area contributed by atoms with E-state index in [9.17, 15) is 4.79 Å². The van der Waals surface area contributed by atoms with Crippen molar-refractivity contribution >= 4 is 5.91 Å². The largest absolute Gasteiger partial charge is 0.493 e. The van der Waals surface area contributed by atoms with Crippen LogP contribution >= 0.6 is 0 Å². The third-order valence-corrected chi connectivity index (χ3v) is 3.46. The van der Waals surface area contributed by atoms with Crippen LogP contribution in [0.15, 0.2) is 48.5 Å². The molecule has 0 aliphatic rings. The van der Waals surface area contributed by atoms with Crippen molar-refractivity contribution in [3.63, 3.8) is 0 Å². The van der Waals surface area contributed by atoms with Crippen molar-refractivity contribution in [2.24, 2.45) is 0 Å². The monoisotopic (exact) mass is 297 g/mol. The fourth-order valence-electron chi connectivity index (χ4n) is 2.09. The molecule has 0 unspecified atom stereocenters. The standard InChI is InChI=1S/C19H23NO2/c1-3-4-13-22-18-8-6-5-7-17(18)19(21)20-14-16-11-9-15(2)10-12-16/h5-12H,3-4,13-14H2,1-2H3,(H,20,21). The van der Waals surface area contributed by atoms with Crippen LogP contribution in [0.25, 0.3) is 0 Å². The van der Waals surface area contributed by atoms with Gasteiger partial charge < -0.3 is 10.1 Å². The maximum atomic E-state index is 12.3. The van der Waals surface area contributed by atoms with E-state index in [1.165, 1.54) is 5.56 Å².